The van der Waals surface area contributed by atoms with Crippen LogP contribution in [0, 0.1) is 5.92 Å². The first-order valence-electron chi connectivity index (χ1n) is 8.08. The molecule has 1 aromatic heterocycles. The summed E-state index contributed by atoms with van der Waals surface area (Å²) in [4.78, 5) is 4.01. The van der Waals surface area contributed by atoms with Gasteiger partial charge in [0.05, 0.1) is 18.8 Å². The number of aromatic nitrogens is 1. The predicted octanol–water partition coefficient (Wildman–Crippen LogP) is 2.69. The lowest BCUT2D eigenvalue weighted by atomic mass is 9.89. The van der Waals surface area contributed by atoms with E-state index in [9.17, 15) is 5.11 Å². The molecule has 4 unspecified atom stereocenters. The molecule has 2 rings (SSSR count). The Labute approximate surface area is 127 Å². The molecule has 21 heavy (non-hydrogen) atoms. The molecule has 1 saturated carbocycles. The lowest BCUT2D eigenvalue weighted by molar-refractivity contribution is -0.0310. The van der Waals surface area contributed by atoms with E-state index in [0.717, 1.165) is 18.8 Å². The number of rotatable bonds is 7. The Hall–Kier alpha value is -0.970. The zero-order valence-corrected chi connectivity index (χ0v) is 13.2. The van der Waals surface area contributed by atoms with Crippen molar-refractivity contribution in [2.24, 2.45) is 5.92 Å². The third-order valence-corrected chi connectivity index (χ3v) is 4.28. The Bertz CT molecular complexity index is 399. The van der Waals surface area contributed by atoms with Crippen LogP contribution in [-0.4, -0.2) is 35.5 Å². The fourth-order valence-corrected chi connectivity index (χ4v) is 2.92. The summed E-state index contributed by atoms with van der Waals surface area (Å²) in [5, 5.41) is 13.4. The van der Waals surface area contributed by atoms with Gasteiger partial charge in [-0.15, -0.1) is 0 Å². The highest BCUT2D eigenvalue weighted by atomic mass is 16.5. The summed E-state index contributed by atoms with van der Waals surface area (Å²) in [6.07, 6.45) is 8.29. The minimum absolute atomic E-state index is 0.206. The smallest absolute Gasteiger partial charge is 0.0898 e. The van der Waals surface area contributed by atoms with E-state index in [1.165, 1.54) is 18.4 Å². The van der Waals surface area contributed by atoms with E-state index in [1.54, 1.807) is 12.4 Å². The molecule has 1 aliphatic rings. The van der Waals surface area contributed by atoms with Crippen LogP contribution in [0.5, 0.6) is 0 Å². The van der Waals surface area contributed by atoms with E-state index < -0.39 is 6.10 Å². The second-order valence-corrected chi connectivity index (χ2v) is 6.29. The van der Waals surface area contributed by atoms with Gasteiger partial charge in [-0.1, -0.05) is 19.8 Å². The number of ether oxygens (including phenoxy) is 1. The first-order valence-corrected chi connectivity index (χ1v) is 8.08. The Morgan fingerprint density at radius 3 is 2.86 bits per heavy atom. The molecule has 1 fully saturated rings. The molecule has 4 heteroatoms. The fraction of sp³-hybridized carbons (Fsp3) is 0.706. The maximum absolute atomic E-state index is 10.0. The highest BCUT2D eigenvalue weighted by Crippen LogP contribution is 2.25. The molecule has 1 heterocycles. The lowest BCUT2D eigenvalue weighted by Gasteiger charge is -2.28. The maximum atomic E-state index is 10.0. The Kier molecular flexibility index (Phi) is 6.61. The summed E-state index contributed by atoms with van der Waals surface area (Å²) in [5.74, 6) is 0.755. The molecule has 118 valence electrons. The van der Waals surface area contributed by atoms with Crippen molar-refractivity contribution in [1.82, 2.24) is 10.3 Å². The molecule has 0 saturated heterocycles. The first kappa shape index (κ1) is 16.4. The van der Waals surface area contributed by atoms with Crippen molar-refractivity contribution in [3.63, 3.8) is 0 Å². The molecule has 0 bridgehead atoms. The second-order valence-electron chi connectivity index (χ2n) is 6.29. The number of pyridine rings is 1. The van der Waals surface area contributed by atoms with Crippen LogP contribution in [0.4, 0.5) is 0 Å². The van der Waals surface area contributed by atoms with E-state index in [4.69, 9.17) is 4.74 Å². The van der Waals surface area contributed by atoms with Gasteiger partial charge in [-0.2, -0.15) is 0 Å². The number of hydrogen-bond acceptors (Lipinski definition) is 4. The molecule has 4 atom stereocenters. The Morgan fingerprint density at radius 2 is 2.14 bits per heavy atom. The average molecular weight is 292 g/mol. The highest BCUT2D eigenvalue weighted by Gasteiger charge is 2.20. The number of nitrogens with one attached hydrogen (secondary N) is 1. The van der Waals surface area contributed by atoms with Crippen LogP contribution in [0.1, 0.15) is 51.1 Å². The van der Waals surface area contributed by atoms with Crippen molar-refractivity contribution in [2.75, 3.05) is 13.2 Å². The molecule has 0 radical (unpaired) electrons. The molecule has 0 aromatic carbocycles. The van der Waals surface area contributed by atoms with Gasteiger partial charge in [0.25, 0.3) is 0 Å². The number of aliphatic hydroxyl groups is 1. The van der Waals surface area contributed by atoms with Gasteiger partial charge in [0.1, 0.15) is 0 Å². The molecular weight excluding hydrogens is 264 g/mol. The summed E-state index contributed by atoms with van der Waals surface area (Å²) >= 11 is 0. The van der Waals surface area contributed by atoms with E-state index >= 15 is 0 Å². The van der Waals surface area contributed by atoms with Gasteiger partial charge in [0.2, 0.25) is 0 Å². The number of aliphatic hydroxyl groups excluding tert-OH is 1. The van der Waals surface area contributed by atoms with Gasteiger partial charge in [0.15, 0.2) is 0 Å². The second kappa shape index (κ2) is 8.47. The third-order valence-electron chi connectivity index (χ3n) is 4.28. The first-order chi connectivity index (χ1) is 10.1. The third kappa shape index (κ3) is 5.73. The van der Waals surface area contributed by atoms with Gasteiger partial charge >= 0.3 is 0 Å². The molecular formula is C17H28N2O2. The van der Waals surface area contributed by atoms with Crippen molar-refractivity contribution in [1.29, 1.82) is 0 Å². The summed E-state index contributed by atoms with van der Waals surface area (Å²) < 4.78 is 5.85. The fourth-order valence-electron chi connectivity index (χ4n) is 2.92. The zero-order valence-electron chi connectivity index (χ0n) is 13.2. The van der Waals surface area contributed by atoms with Gasteiger partial charge in [-0.05, 0) is 43.4 Å². The van der Waals surface area contributed by atoms with Crippen LogP contribution in [0.25, 0.3) is 0 Å². The standard InChI is InChI=1S/C17H28N2O2/c1-13-4-3-5-17(10-13)21-12-16(20)11-19-14(2)15-6-8-18-9-7-15/h6-9,13-14,16-17,19-20H,3-5,10-12H2,1-2H3. The summed E-state index contributed by atoms with van der Waals surface area (Å²) in [5.41, 5.74) is 1.18. The van der Waals surface area contributed by atoms with Crippen LogP contribution in [0.3, 0.4) is 0 Å². The van der Waals surface area contributed by atoms with E-state index in [2.05, 4.69) is 24.1 Å². The highest BCUT2D eigenvalue weighted by molar-refractivity contribution is 5.13. The number of nitrogens with zero attached hydrogens (tertiary/aromatic N) is 1. The quantitative estimate of drug-likeness (QED) is 0.811. The van der Waals surface area contributed by atoms with Gasteiger partial charge in [-0.25, -0.2) is 0 Å². The van der Waals surface area contributed by atoms with Crippen molar-refractivity contribution in [3.05, 3.63) is 30.1 Å². The van der Waals surface area contributed by atoms with Crippen LogP contribution >= 0.6 is 0 Å². The SMILES string of the molecule is CC1CCCC(OCC(O)CNC(C)c2ccncc2)C1. The van der Waals surface area contributed by atoms with Crippen LogP contribution < -0.4 is 5.32 Å². The minimum Gasteiger partial charge on any atom is -0.389 e. The largest absolute Gasteiger partial charge is 0.389 e. The molecule has 0 spiro atoms. The van der Waals surface area contributed by atoms with Gasteiger partial charge in [-0.3, -0.25) is 4.98 Å². The average Bonchev–Trinajstić information content (AvgIpc) is 2.51. The molecule has 1 aliphatic carbocycles. The molecule has 2 N–H and O–H groups in total. The molecule has 0 aliphatic heterocycles. The molecule has 0 amide bonds. The van der Waals surface area contributed by atoms with Gasteiger partial charge in [0, 0.05) is 25.0 Å². The van der Waals surface area contributed by atoms with Crippen molar-refractivity contribution >= 4 is 0 Å². The monoisotopic (exact) mass is 292 g/mol. The predicted molar refractivity (Wildman–Crippen MR) is 84.0 cm³/mol. The maximum Gasteiger partial charge on any atom is 0.0898 e. The van der Waals surface area contributed by atoms with Crippen molar-refractivity contribution < 1.29 is 9.84 Å². The van der Waals surface area contributed by atoms with Crippen LogP contribution in [0.15, 0.2) is 24.5 Å². The van der Waals surface area contributed by atoms with Crippen molar-refractivity contribution in [2.45, 2.75) is 57.8 Å². The summed E-state index contributed by atoms with van der Waals surface area (Å²) in [6, 6.07) is 4.19. The number of hydrogen-bond donors (Lipinski definition) is 2. The topological polar surface area (TPSA) is 54.4 Å². The van der Waals surface area contributed by atoms with E-state index in [1.807, 2.05) is 12.1 Å². The Morgan fingerprint density at radius 1 is 1.38 bits per heavy atom. The van der Waals surface area contributed by atoms with Crippen molar-refractivity contribution in [3.8, 4) is 0 Å². The summed E-state index contributed by atoms with van der Waals surface area (Å²) in [6.45, 7) is 5.34. The molecule has 4 nitrogen and oxygen atoms in total. The van der Waals surface area contributed by atoms with Crippen LogP contribution in [0.2, 0.25) is 0 Å². The zero-order chi connectivity index (χ0) is 15.1. The van der Waals surface area contributed by atoms with Crippen LogP contribution in [-0.2, 0) is 4.74 Å². The summed E-state index contributed by atoms with van der Waals surface area (Å²) in [7, 11) is 0. The van der Waals surface area contributed by atoms with Gasteiger partial charge < -0.3 is 15.2 Å². The lowest BCUT2D eigenvalue weighted by Crippen LogP contribution is -2.34. The van der Waals surface area contributed by atoms with E-state index in [-0.39, 0.29) is 6.04 Å². The normalized spacial score (nSPS) is 25.5. The minimum atomic E-state index is -0.452. The Balaban J connectivity index is 1.64. The molecule has 1 aromatic rings. The van der Waals surface area contributed by atoms with E-state index in [0.29, 0.717) is 19.3 Å².